The van der Waals surface area contributed by atoms with Crippen LogP contribution in [0.5, 0.6) is 0 Å². The van der Waals surface area contributed by atoms with Crippen LogP contribution in [0.2, 0.25) is 0 Å². The number of carbonyl (C=O) groups excluding carboxylic acids is 1. The number of ether oxygens (including phenoxy) is 2. The SMILES string of the molecule is CC(C)/C=C/C(=O)[C@H](C)OCOCc1ccccc1. The molecule has 0 heterocycles. The van der Waals surface area contributed by atoms with Crippen LogP contribution in [0.3, 0.4) is 0 Å². The Hall–Kier alpha value is -1.45. The molecule has 0 aromatic heterocycles. The van der Waals surface area contributed by atoms with Gasteiger partial charge in [0.05, 0.1) is 6.61 Å². The van der Waals surface area contributed by atoms with Gasteiger partial charge in [0.2, 0.25) is 0 Å². The minimum Gasteiger partial charge on any atom is -0.351 e. The minimum absolute atomic E-state index is 0.0305. The van der Waals surface area contributed by atoms with Crippen molar-refractivity contribution in [2.75, 3.05) is 6.79 Å². The first-order valence-corrected chi connectivity index (χ1v) is 6.55. The van der Waals surface area contributed by atoms with Crippen molar-refractivity contribution in [3.8, 4) is 0 Å². The van der Waals surface area contributed by atoms with Crippen molar-refractivity contribution in [3.05, 3.63) is 48.0 Å². The predicted octanol–water partition coefficient (Wildman–Crippen LogP) is 3.35. The quantitative estimate of drug-likeness (QED) is 0.409. The molecule has 0 bridgehead atoms. The Labute approximate surface area is 115 Å². The highest BCUT2D eigenvalue weighted by Gasteiger charge is 2.09. The number of rotatable bonds is 8. The Morgan fingerprint density at radius 2 is 1.89 bits per heavy atom. The molecule has 1 aromatic rings. The van der Waals surface area contributed by atoms with Crippen molar-refractivity contribution in [2.24, 2.45) is 5.92 Å². The van der Waals surface area contributed by atoms with E-state index in [9.17, 15) is 4.79 Å². The van der Waals surface area contributed by atoms with E-state index >= 15 is 0 Å². The molecular weight excluding hydrogens is 240 g/mol. The molecule has 1 atom stereocenters. The maximum Gasteiger partial charge on any atom is 0.183 e. The average molecular weight is 262 g/mol. The molecule has 0 N–H and O–H groups in total. The van der Waals surface area contributed by atoms with Gasteiger partial charge in [0.15, 0.2) is 5.78 Å². The van der Waals surface area contributed by atoms with E-state index in [0.29, 0.717) is 12.5 Å². The van der Waals surface area contributed by atoms with Gasteiger partial charge >= 0.3 is 0 Å². The molecule has 0 fully saturated rings. The maximum absolute atomic E-state index is 11.6. The number of benzene rings is 1. The summed E-state index contributed by atoms with van der Waals surface area (Å²) in [6.45, 7) is 6.40. The zero-order valence-corrected chi connectivity index (χ0v) is 11.8. The van der Waals surface area contributed by atoms with Crippen molar-refractivity contribution in [1.82, 2.24) is 0 Å². The lowest BCUT2D eigenvalue weighted by molar-refractivity contribution is -0.136. The molecule has 0 radical (unpaired) electrons. The van der Waals surface area contributed by atoms with Gasteiger partial charge in [-0.1, -0.05) is 50.3 Å². The highest BCUT2D eigenvalue weighted by molar-refractivity contribution is 5.93. The highest BCUT2D eigenvalue weighted by Crippen LogP contribution is 2.02. The summed E-state index contributed by atoms with van der Waals surface area (Å²) >= 11 is 0. The second kappa shape index (κ2) is 8.62. The summed E-state index contributed by atoms with van der Waals surface area (Å²) in [5.74, 6) is 0.336. The Balaban J connectivity index is 2.20. The van der Waals surface area contributed by atoms with Crippen LogP contribution in [0.1, 0.15) is 26.3 Å². The van der Waals surface area contributed by atoms with E-state index < -0.39 is 6.10 Å². The molecule has 104 valence electrons. The van der Waals surface area contributed by atoms with Crippen LogP contribution >= 0.6 is 0 Å². The molecule has 0 saturated carbocycles. The van der Waals surface area contributed by atoms with Crippen LogP contribution in [0.25, 0.3) is 0 Å². The van der Waals surface area contributed by atoms with E-state index in [1.165, 1.54) is 0 Å². The average Bonchev–Trinajstić information content (AvgIpc) is 2.41. The van der Waals surface area contributed by atoms with Crippen molar-refractivity contribution >= 4 is 5.78 Å². The first-order valence-electron chi connectivity index (χ1n) is 6.55. The van der Waals surface area contributed by atoms with Crippen LogP contribution in [0.4, 0.5) is 0 Å². The molecule has 1 rings (SSSR count). The van der Waals surface area contributed by atoms with Gasteiger partial charge in [-0.15, -0.1) is 0 Å². The summed E-state index contributed by atoms with van der Waals surface area (Å²) in [7, 11) is 0. The van der Waals surface area contributed by atoms with E-state index in [1.807, 2.05) is 50.3 Å². The smallest absolute Gasteiger partial charge is 0.183 e. The van der Waals surface area contributed by atoms with Crippen molar-refractivity contribution in [3.63, 3.8) is 0 Å². The Bertz CT molecular complexity index is 396. The fraction of sp³-hybridized carbons (Fsp3) is 0.438. The van der Waals surface area contributed by atoms with Crippen molar-refractivity contribution in [2.45, 2.75) is 33.5 Å². The fourth-order valence-electron chi connectivity index (χ4n) is 1.39. The number of hydrogen-bond acceptors (Lipinski definition) is 3. The number of allylic oxidation sites excluding steroid dienone is 1. The third-order valence-electron chi connectivity index (χ3n) is 2.56. The number of hydrogen-bond donors (Lipinski definition) is 0. The second-order valence-corrected chi connectivity index (χ2v) is 4.77. The monoisotopic (exact) mass is 262 g/mol. The summed E-state index contributed by atoms with van der Waals surface area (Å²) < 4.78 is 10.7. The molecule has 0 aliphatic carbocycles. The van der Waals surface area contributed by atoms with E-state index in [1.54, 1.807) is 13.0 Å². The lowest BCUT2D eigenvalue weighted by Crippen LogP contribution is -2.20. The van der Waals surface area contributed by atoms with Gasteiger partial charge in [-0.2, -0.15) is 0 Å². The van der Waals surface area contributed by atoms with E-state index in [4.69, 9.17) is 9.47 Å². The first-order chi connectivity index (χ1) is 9.09. The Kier molecular flexibility index (Phi) is 7.08. The van der Waals surface area contributed by atoms with Crippen molar-refractivity contribution < 1.29 is 14.3 Å². The molecule has 19 heavy (non-hydrogen) atoms. The molecular formula is C16H22O3. The first kappa shape index (κ1) is 15.6. The van der Waals surface area contributed by atoms with Gasteiger partial charge in [0, 0.05) is 0 Å². The summed E-state index contributed by atoms with van der Waals surface area (Å²) in [5.41, 5.74) is 1.09. The third kappa shape index (κ3) is 6.89. The molecule has 0 spiro atoms. The molecule has 3 heteroatoms. The number of ketones is 1. The van der Waals surface area contributed by atoms with Gasteiger partial charge < -0.3 is 9.47 Å². The summed E-state index contributed by atoms with van der Waals surface area (Å²) in [5, 5.41) is 0. The molecule has 0 unspecified atom stereocenters. The van der Waals surface area contributed by atoms with Crippen LogP contribution in [0, 0.1) is 5.92 Å². The normalized spacial score (nSPS) is 13.1. The zero-order valence-electron chi connectivity index (χ0n) is 11.8. The molecule has 0 aliphatic rings. The van der Waals surface area contributed by atoms with Gasteiger partial charge in [-0.25, -0.2) is 0 Å². The molecule has 0 aliphatic heterocycles. The van der Waals surface area contributed by atoms with Gasteiger partial charge in [0.25, 0.3) is 0 Å². The summed E-state index contributed by atoms with van der Waals surface area (Å²) in [6, 6.07) is 9.85. The van der Waals surface area contributed by atoms with Crippen LogP contribution in [-0.4, -0.2) is 18.7 Å². The van der Waals surface area contributed by atoms with Gasteiger partial charge in [0.1, 0.15) is 12.9 Å². The highest BCUT2D eigenvalue weighted by atomic mass is 16.7. The minimum atomic E-state index is -0.467. The van der Waals surface area contributed by atoms with Crippen molar-refractivity contribution in [1.29, 1.82) is 0 Å². The summed E-state index contributed by atoms with van der Waals surface area (Å²) in [4.78, 5) is 11.6. The Morgan fingerprint density at radius 1 is 1.21 bits per heavy atom. The topological polar surface area (TPSA) is 35.5 Å². The lowest BCUT2D eigenvalue weighted by Gasteiger charge is -2.10. The van der Waals surface area contributed by atoms with Crippen LogP contribution in [0.15, 0.2) is 42.5 Å². The van der Waals surface area contributed by atoms with Gasteiger partial charge in [-0.3, -0.25) is 4.79 Å². The third-order valence-corrected chi connectivity index (χ3v) is 2.56. The molecule has 1 aromatic carbocycles. The second-order valence-electron chi connectivity index (χ2n) is 4.77. The van der Waals surface area contributed by atoms with E-state index in [-0.39, 0.29) is 12.6 Å². The number of carbonyl (C=O) groups is 1. The molecule has 0 saturated heterocycles. The van der Waals surface area contributed by atoms with Crippen LogP contribution < -0.4 is 0 Å². The predicted molar refractivity (Wildman–Crippen MR) is 75.6 cm³/mol. The summed E-state index contributed by atoms with van der Waals surface area (Å²) in [6.07, 6.45) is 2.98. The standard InChI is InChI=1S/C16H22O3/c1-13(2)9-10-16(17)14(3)19-12-18-11-15-7-5-4-6-8-15/h4-10,13-14H,11-12H2,1-3H3/b10-9+/t14-/m0/s1. The maximum atomic E-state index is 11.6. The Morgan fingerprint density at radius 3 is 2.53 bits per heavy atom. The lowest BCUT2D eigenvalue weighted by atomic mass is 10.1. The van der Waals surface area contributed by atoms with Crippen LogP contribution in [-0.2, 0) is 20.9 Å². The van der Waals surface area contributed by atoms with E-state index in [0.717, 1.165) is 5.56 Å². The van der Waals surface area contributed by atoms with E-state index in [2.05, 4.69) is 0 Å². The fourth-order valence-corrected chi connectivity index (χ4v) is 1.39. The zero-order chi connectivity index (χ0) is 14.1. The molecule has 0 amide bonds. The largest absolute Gasteiger partial charge is 0.351 e. The van der Waals surface area contributed by atoms with Gasteiger partial charge in [-0.05, 0) is 24.5 Å². The molecule has 3 nitrogen and oxygen atoms in total.